The molecule has 0 aliphatic carbocycles. The number of carbonyl (C=O) groups excluding carboxylic acids is 2. The molecular weight excluding hydrogens is 400 g/mol. The lowest BCUT2D eigenvalue weighted by Gasteiger charge is -2.18. The summed E-state index contributed by atoms with van der Waals surface area (Å²) in [6, 6.07) is 13.8. The molecule has 1 atom stereocenters. The second kappa shape index (κ2) is 10.4. The molecule has 32 heavy (non-hydrogen) atoms. The van der Waals surface area contributed by atoms with Crippen molar-refractivity contribution < 1.29 is 9.59 Å². The average molecular weight is 431 g/mol. The van der Waals surface area contributed by atoms with Crippen LogP contribution >= 0.6 is 0 Å². The number of amides is 1. The standard InChI is InChI=1S/C26H30N4O2/c1-18(31)15-24(21-16-20-7-2-4-10-23(20)28-17-21)30-25(32)11-5-3-9-22-13-12-19-8-6-14-27-26(19)29-22/h2,4,7,10,12-13,16-17,24H,3,5-6,8-9,11,14-15H2,1H3,(H,27,29)(H,30,32)/t24-/m1/s1. The number of unbranched alkanes of at least 4 members (excludes halogenated alkanes) is 1. The molecule has 2 N–H and O–H groups in total. The fourth-order valence-electron chi connectivity index (χ4n) is 4.18. The van der Waals surface area contributed by atoms with E-state index in [2.05, 4.69) is 27.8 Å². The van der Waals surface area contributed by atoms with Gasteiger partial charge >= 0.3 is 0 Å². The third kappa shape index (κ3) is 5.69. The molecule has 166 valence electrons. The van der Waals surface area contributed by atoms with E-state index >= 15 is 0 Å². The SMILES string of the molecule is CC(=O)C[C@@H](NC(=O)CCCCc1ccc2c(n1)NCCC2)c1cnc2ccccc2c1. The van der Waals surface area contributed by atoms with E-state index in [-0.39, 0.29) is 24.2 Å². The molecule has 0 saturated heterocycles. The number of nitrogens with one attached hydrogen (secondary N) is 2. The van der Waals surface area contributed by atoms with Crippen LogP contribution < -0.4 is 10.6 Å². The Kier molecular flexibility index (Phi) is 7.10. The third-order valence-electron chi connectivity index (χ3n) is 5.88. The summed E-state index contributed by atoms with van der Waals surface area (Å²) < 4.78 is 0. The number of hydrogen-bond donors (Lipinski definition) is 2. The predicted octanol–water partition coefficient (Wildman–Crippen LogP) is 4.54. The predicted molar refractivity (Wildman–Crippen MR) is 127 cm³/mol. The highest BCUT2D eigenvalue weighted by Gasteiger charge is 2.17. The number of rotatable bonds is 9. The van der Waals surface area contributed by atoms with Crippen LogP contribution in [-0.2, 0) is 22.4 Å². The van der Waals surface area contributed by atoms with Crippen LogP contribution in [0, 0.1) is 0 Å². The number of hydrogen-bond acceptors (Lipinski definition) is 5. The van der Waals surface area contributed by atoms with Gasteiger partial charge in [0, 0.05) is 36.7 Å². The number of para-hydroxylation sites is 1. The van der Waals surface area contributed by atoms with Gasteiger partial charge in [-0.1, -0.05) is 24.3 Å². The number of pyridine rings is 2. The molecule has 1 amide bonds. The highest BCUT2D eigenvalue weighted by Crippen LogP contribution is 2.22. The maximum absolute atomic E-state index is 12.6. The van der Waals surface area contributed by atoms with E-state index in [0.29, 0.717) is 6.42 Å². The van der Waals surface area contributed by atoms with E-state index in [1.807, 2.05) is 30.3 Å². The highest BCUT2D eigenvalue weighted by atomic mass is 16.1. The molecule has 0 unspecified atom stereocenters. The fourth-order valence-corrected chi connectivity index (χ4v) is 4.18. The first-order valence-electron chi connectivity index (χ1n) is 11.4. The Balaban J connectivity index is 1.30. The minimum absolute atomic E-state index is 0.0375. The van der Waals surface area contributed by atoms with E-state index < -0.39 is 0 Å². The summed E-state index contributed by atoms with van der Waals surface area (Å²) in [7, 11) is 0. The molecule has 0 radical (unpaired) electrons. The van der Waals surface area contributed by atoms with Gasteiger partial charge in [-0.05, 0) is 68.4 Å². The van der Waals surface area contributed by atoms with Crippen LogP contribution in [0.3, 0.4) is 0 Å². The Hall–Kier alpha value is -3.28. The summed E-state index contributed by atoms with van der Waals surface area (Å²) >= 11 is 0. The van der Waals surface area contributed by atoms with Crippen molar-refractivity contribution in [3.8, 4) is 0 Å². The van der Waals surface area contributed by atoms with Crippen molar-refractivity contribution in [3.63, 3.8) is 0 Å². The molecule has 1 aliphatic rings. The monoisotopic (exact) mass is 430 g/mol. The topological polar surface area (TPSA) is 84.0 Å². The Labute approximate surface area is 188 Å². The number of aromatic nitrogens is 2. The van der Waals surface area contributed by atoms with Crippen molar-refractivity contribution in [2.45, 2.75) is 57.9 Å². The van der Waals surface area contributed by atoms with E-state index in [9.17, 15) is 9.59 Å². The lowest BCUT2D eigenvalue weighted by atomic mass is 10.0. The van der Waals surface area contributed by atoms with Crippen molar-refractivity contribution in [1.82, 2.24) is 15.3 Å². The van der Waals surface area contributed by atoms with Crippen LogP contribution in [0.4, 0.5) is 5.82 Å². The number of fused-ring (bicyclic) bond motifs is 2. The van der Waals surface area contributed by atoms with Crippen molar-refractivity contribution in [2.24, 2.45) is 0 Å². The minimum atomic E-state index is -0.356. The van der Waals surface area contributed by atoms with Crippen LogP contribution in [0.5, 0.6) is 0 Å². The highest BCUT2D eigenvalue weighted by molar-refractivity contribution is 5.82. The Bertz CT molecular complexity index is 1110. The van der Waals surface area contributed by atoms with Gasteiger partial charge in [-0.3, -0.25) is 14.6 Å². The Morgan fingerprint density at radius 3 is 2.91 bits per heavy atom. The van der Waals surface area contributed by atoms with E-state index in [0.717, 1.165) is 66.6 Å². The first-order chi connectivity index (χ1) is 15.6. The zero-order chi connectivity index (χ0) is 22.3. The van der Waals surface area contributed by atoms with Gasteiger partial charge in [0.2, 0.25) is 5.91 Å². The first kappa shape index (κ1) is 21.9. The van der Waals surface area contributed by atoms with Gasteiger partial charge in [-0.25, -0.2) is 4.98 Å². The largest absolute Gasteiger partial charge is 0.370 e. The van der Waals surface area contributed by atoms with Gasteiger partial charge in [0.1, 0.15) is 11.6 Å². The number of anilines is 1. The van der Waals surface area contributed by atoms with Gasteiger partial charge in [-0.2, -0.15) is 0 Å². The molecule has 4 rings (SSSR count). The summed E-state index contributed by atoms with van der Waals surface area (Å²) in [6.07, 6.45) is 7.22. The maximum atomic E-state index is 12.6. The molecule has 2 aromatic heterocycles. The van der Waals surface area contributed by atoms with Crippen molar-refractivity contribution in [2.75, 3.05) is 11.9 Å². The summed E-state index contributed by atoms with van der Waals surface area (Å²) in [5.74, 6) is 1.02. The fraction of sp³-hybridized carbons (Fsp3) is 0.385. The minimum Gasteiger partial charge on any atom is -0.370 e. The summed E-state index contributed by atoms with van der Waals surface area (Å²) in [6.45, 7) is 2.53. The van der Waals surface area contributed by atoms with Gasteiger partial charge < -0.3 is 10.6 Å². The van der Waals surface area contributed by atoms with E-state index in [4.69, 9.17) is 4.98 Å². The molecule has 0 fully saturated rings. The normalized spacial score (nSPS) is 13.8. The van der Waals surface area contributed by atoms with Crippen LogP contribution in [0.1, 0.15) is 61.9 Å². The van der Waals surface area contributed by atoms with Gasteiger partial charge in [0.25, 0.3) is 0 Å². The molecule has 6 heteroatoms. The molecule has 3 heterocycles. The zero-order valence-corrected chi connectivity index (χ0v) is 18.6. The van der Waals surface area contributed by atoms with Crippen LogP contribution in [0.25, 0.3) is 10.9 Å². The summed E-state index contributed by atoms with van der Waals surface area (Å²) in [5.41, 5.74) is 4.11. The lowest BCUT2D eigenvalue weighted by Crippen LogP contribution is -2.29. The second-order valence-corrected chi connectivity index (χ2v) is 8.54. The molecule has 1 aliphatic heterocycles. The van der Waals surface area contributed by atoms with E-state index in [1.54, 1.807) is 13.1 Å². The van der Waals surface area contributed by atoms with Crippen LogP contribution in [-0.4, -0.2) is 28.2 Å². The summed E-state index contributed by atoms with van der Waals surface area (Å²) in [5, 5.41) is 7.41. The smallest absolute Gasteiger partial charge is 0.220 e. The average Bonchev–Trinajstić information content (AvgIpc) is 2.80. The molecule has 3 aromatic rings. The number of carbonyl (C=O) groups is 2. The van der Waals surface area contributed by atoms with Crippen molar-refractivity contribution in [3.05, 3.63) is 65.5 Å². The number of benzene rings is 1. The van der Waals surface area contributed by atoms with Crippen LogP contribution in [0.2, 0.25) is 0 Å². The van der Waals surface area contributed by atoms with Gasteiger partial charge in [0.05, 0.1) is 11.6 Å². The molecule has 0 bridgehead atoms. The molecule has 0 saturated carbocycles. The molecular formula is C26H30N4O2. The van der Waals surface area contributed by atoms with E-state index in [1.165, 1.54) is 5.56 Å². The number of aryl methyl sites for hydroxylation is 2. The molecule has 0 spiro atoms. The second-order valence-electron chi connectivity index (χ2n) is 8.54. The maximum Gasteiger partial charge on any atom is 0.220 e. The number of nitrogens with zero attached hydrogens (tertiary/aromatic N) is 2. The summed E-state index contributed by atoms with van der Waals surface area (Å²) in [4.78, 5) is 33.6. The number of Topliss-reactive ketones (excluding diaryl/α,β-unsaturated/α-hetero) is 1. The van der Waals surface area contributed by atoms with Crippen molar-refractivity contribution in [1.29, 1.82) is 0 Å². The van der Waals surface area contributed by atoms with Crippen LogP contribution in [0.15, 0.2) is 48.7 Å². The van der Waals surface area contributed by atoms with Gasteiger partial charge in [-0.15, -0.1) is 0 Å². The Morgan fingerprint density at radius 1 is 1.16 bits per heavy atom. The lowest BCUT2D eigenvalue weighted by molar-refractivity contribution is -0.122. The molecule has 6 nitrogen and oxygen atoms in total. The van der Waals surface area contributed by atoms with Gasteiger partial charge in [0.15, 0.2) is 0 Å². The quantitative estimate of drug-likeness (QED) is 0.487. The first-order valence-corrected chi connectivity index (χ1v) is 11.4. The molecule has 1 aromatic carbocycles. The zero-order valence-electron chi connectivity index (χ0n) is 18.6. The number of ketones is 1. The Morgan fingerprint density at radius 2 is 2.03 bits per heavy atom. The third-order valence-corrected chi connectivity index (χ3v) is 5.88. The van der Waals surface area contributed by atoms with Crippen molar-refractivity contribution >= 4 is 28.4 Å².